The van der Waals surface area contributed by atoms with Gasteiger partial charge in [-0.05, 0) is 6.07 Å². The summed E-state index contributed by atoms with van der Waals surface area (Å²) >= 11 is 0. The van der Waals surface area contributed by atoms with Gasteiger partial charge in [0, 0.05) is 31.5 Å². The van der Waals surface area contributed by atoms with Crippen LogP contribution < -0.4 is 4.74 Å². The second-order valence-corrected chi connectivity index (χ2v) is 5.76. The van der Waals surface area contributed by atoms with Crippen LogP contribution in [-0.4, -0.2) is 51.5 Å². The number of imidazole rings is 1. The Morgan fingerprint density at radius 1 is 1.36 bits per heavy atom. The number of hydrogen-bond donors (Lipinski definition) is 0. The number of rotatable bonds is 6. The molecule has 0 spiro atoms. The van der Waals surface area contributed by atoms with Crippen LogP contribution in [0.15, 0.2) is 49.3 Å². The first kappa shape index (κ1) is 16.8. The molecule has 3 amide bonds. The third-order valence-corrected chi connectivity index (χ3v) is 4.22. The van der Waals surface area contributed by atoms with Crippen LogP contribution in [0.25, 0.3) is 0 Å². The van der Waals surface area contributed by atoms with Crippen molar-refractivity contribution in [3.63, 3.8) is 0 Å². The molecule has 1 aliphatic rings. The average Bonchev–Trinajstić information content (AvgIpc) is 3.14. The fourth-order valence-corrected chi connectivity index (χ4v) is 3.05. The van der Waals surface area contributed by atoms with Gasteiger partial charge in [0.2, 0.25) is 0 Å². The number of carbonyl (C=O) groups is 2. The number of benzene rings is 1. The molecule has 0 aliphatic carbocycles. The predicted octanol–water partition coefficient (Wildman–Crippen LogP) is 1.97. The minimum absolute atomic E-state index is 0.0287. The highest BCUT2D eigenvalue weighted by Gasteiger charge is 2.43. The topological polar surface area (TPSA) is 67.7 Å². The number of urea groups is 1. The number of imide groups is 1. The maximum atomic E-state index is 12.8. The molecule has 1 fully saturated rings. The van der Waals surface area contributed by atoms with Crippen molar-refractivity contribution >= 4 is 11.9 Å². The van der Waals surface area contributed by atoms with Gasteiger partial charge in [0.25, 0.3) is 5.91 Å². The minimum atomic E-state index is -0.661. The predicted molar refractivity (Wildman–Crippen MR) is 92.1 cm³/mol. The highest BCUT2D eigenvalue weighted by atomic mass is 16.5. The number of para-hydroxylation sites is 1. The van der Waals surface area contributed by atoms with E-state index in [1.54, 1.807) is 36.2 Å². The van der Waals surface area contributed by atoms with Gasteiger partial charge in [-0.3, -0.25) is 4.79 Å². The van der Waals surface area contributed by atoms with Crippen molar-refractivity contribution in [1.82, 2.24) is 19.4 Å². The minimum Gasteiger partial charge on any atom is -0.496 e. The lowest BCUT2D eigenvalue weighted by atomic mass is 10.0. The van der Waals surface area contributed by atoms with Crippen LogP contribution in [0.5, 0.6) is 5.75 Å². The normalized spacial score (nSPS) is 15.6. The molecule has 0 radical (unpaired) electrons. The van der Waals surface area contributed by atoms with E-state index in [2.05, 4.69) is 11.6 Å². The van der Waals surface area contributed by atoms with Crippen molar-refractivity contribution in [2.45, 2.75) is 6.04 Å². The van der Waals surface area contributed by atoms with Gasteiger partial charge < -0.3 is 14.2 Å². The van der Waals surface area contributed by atoms with Gasteiger partial charge in [-0.25, -0.2) is 14.7 Å². The lowest BCUT2D eigenvalue weighted by Crippen LogP contribution is -2.38. The van der Waals surface area contributed by atoms with Gasteiger partial charge in [0.05, 0.1) is 7.11 Å². The molecule has 2 aromatic rings. The molecular weight excluding hydrogens is 320 g/mol. The number of amides is 3. The Bertz CT molecular complexity index is 814. The molecule has 1 aromatic carbocycles. The summed E-state index contributed by atoms with van der Waals surface area (Å²) in [5.74, 6) is 0.913. The number of carbonyl (C=O) groups excluding carboxylic acids is 2. The maximum absolute atomic E-state index is 12.8. The van der Waals surface area contributed by atoms with Gasteiger partial charge in [0.1, 0.15) is 24.2 Å². The Morgan fingerprint density at radius 2 is 2.12 bits per heavy atom. The number of ether oxygens (including phenoxy) is 1. The van der Waals surface area contributed by atoms with E-state index < -0.39 is 6.04 Å². The molecule has 130 valence electrons. The molecule has 0 N–H and O–H groups in total. The molecular formula is C18H20N4O3. The van der Waals surface area contributed by atoms with Crippen LogP contribution >= 0.6 is 0 Å². The standard InChI is InChI=1S/C18H20N4O3/c1-4-10-21-12-15(23)22(18(21)24)16(17-19-9-11-20(17)2)13-7-5-6-8-14(13)25-3/h4-9,11,16H,1,10,12H2,2-3H3/t16-/m1/s1. The quantitative estimate of drug-likeness (QED) is 0.596. The van der Waals surface area contributed by atoms with E-state index in [0.717, 1.165) is 0 Å². The fraction of sp³-hybridized carbons (Fsp3) is 0.278. The molecule has 2 heterocycles. The average molecular weight is 340 g/mol. The Labute approximate surface area is 146 Å². The zero-order valence-corrected chi connectivity index (χ0v) is 14.3. The number of hydrogen-bond acceptors (Lipinski definition) is 4. The van der Waals surface area contributed by atoms with E-state index in [9.17, 15) is 9.59 Å². The first-order chi connectivity index (χ1) is 12.1. The van der Waals surface area contributed by atoms with Crippen molar-refractivity contribution in [2.24, 2.45) is 7.05 Å². The van der Waals surface area contributed by atoms with Crippen LogP contribution in [-0.2, 0) is 11.8 Å². The Balaban J connectivity index is 2.13. The van der Waals surface area contributed by atoms with Crippen molar-refractivity contribution in [2.75, 3.05) is 20.2 Å². The summed E-state index contributed by atoms with van der Waals surface area (Å²) in [4.78, 5) is 32.6. The van der Waals surface area contributed by atoms with E-state index in [1.165, 1.54) is 9.80 Å². The van der Waals surface area contributed by atoms with Crippen molar-refractivity contribution in [3.8, 4) is 5.75 Å². The summed E-state index contributed by atoms with van der Waals surface area (Å²) in [5, 5.41) is 0. The zero-order chi connectivity index (χ0) is 18.0. The van der Waals surface area contributed by atoms with Crippen LogP contribution in [0, 0.1) is 0 Å². The molecule has 0 bridgehead atoms. The lowest BCUT2D eigenvalue weighted by Gasteiger charge is -2.27. The molecule has 1 saturated heterocycles. The molecule has 3 rings (SSSR count). The van der Waals surface area contributed by atoms with E-state index >= 15 is 0 Å². The number of aromatic nitrogens is 2. The third-order valence-electron chi connectivity index (χ3n) is 4.22. The van der Waals surface area contributed by atoms with Gasteiger partial charge >= 0.3 is 6.03 Å². The summed E-state index contributed by atoms with van der Waals surface area (Å²) < 4.78 is 7.25. The van der Waals surface area contributed by atoms with E-state index in [0.29, 0.717) is 23.7 Å². The highest BCUT2D eigenvalue weighted by Crippen LogP contribution is 2.36. The Hall–Kier alpha value is -3.09. The molecule has 25 heavy (non-hydrogen) atoms. The summed E-state index contributed by atoms with van der Waals surface area (Å²) in [7, 11) is 3.39. The van der Waals surface area contributed by atoms with Crippen molar-refractivity contribution in [1.29, 1.82) is 0 Å². The summed E-state index contributed by atoms with van der Waals surface area (Å²) in [6.45, 7) is 3.99. The zero-order valence-electron chi connectivity index (χ0n) is 14.3. The van der Waals surface area contributed by atoms with Crippen LogP contribution in [0.4, 0.5) is 4.79 Å². The lowest BCUT2D eigenvalue weighted by molar-refractivity contribution is -0.126. The molecule has 0 saturated carbocycles. The maximum Gasteiger partial charge on any atom is 0.328 e. The van der Waals surface area contributed by atoms with E-state index in [-0.39, 0.29) is 18.5 Å². The second-order valence-electron chi connectivity index (χ2n) is 5.76. The largest absolute Gasteiger partial charge is 0.496 e. The first-order valence-electron chi connectivity index (χ1n) is 7.90. The van der Waals surface area contributed by atoms with Gasteiger partial charge in [-0.1, -0.05) is 24.3 Å². The Morgan fingerprint density at radius 3 is 2.76 bits per heavy atom. The fourth-order valence-electron chi connectivity index (χ4n) is 3.05. The second kappa shape index (κ2) is 6.80. The summed E-state index contributed by atoms with van der Waals surface area (Å²) in [6, 6.07) is 6.32. The monoisotopic (exact) mass is 340 g/mol. The van der Waals surface area contributed by atoms with Gasteiger partial charge in [-0.2, -0.15) is 0 Å². The van der Waals surface area contributed by atoms with Crippen molar-refractivity contribution in [3.05, 3.63) is 60.7 Å². The Kier molecular flexibility index (Phi) is 4.56. The van der Waals surface area contributed by atoms with Crippen LogP contribution in [0.2, 0.25) is 0 Å². The molecule has 1 aromatic heterocycles. The van der Waals surface area contributed by atoms with Crippen LogP contribution in [0.3, 0.4) is 0 Å². The molecule has 7 heteroatoms. The number of aryl methyl sites for hydroxylation is 1. The molecule has 1 aliphatic heterocycles. The van der Waals surface area contributed by atoms with Gasteiger partial charge in [-0.15, -0.1) is 6.58 Å². The number of nitrogens with zero attached hydrogens (tertiary/aromatic N) is 4. The SMILES string of the molecule is C=CCN1CC(=O)N([C@H](c2ccccc2OC)c2nccn2C)C1=O. The molecule has 7 nitrogen and oxygen atoms in total. The number of methoxy groups -OCH3 is 1. The van der Waals surface area contributed by atoms with Gasteiger partial charge in [0.15, 0.2) is 0 Å². The smallest absolute Gasteiger partial charge is 0.328 e. The summed E-state index contributed by atoms with van der Waals surface area (Å²) in [6.07, 6.45) is 5.03. The summed E-state index contributed by atoms with van der Waals surface area (Å²) in [5.41, 5.74) is 0.710. The van der Waals surface area contributed by atoms with Crippen molar-refractivity contribution < 1.29 is 14.3 Å². The third kappa shape index (κ3) is 2.88. The van der Waals surface area contributed by atoms with E-state index in [1.807, 2.05) is 25.2 Å². The first-order valence-corrected chi connectivity index (χ1v) is 7.90. The highest BCUT2D eigenvalue weighted by molar-refractivity contribution is 6.02. The molecule has 0 unspecified atom stereocenters. The van der Waals surface area contributed by atoms with E-state index in [4.69, 9.17) is 4.74 Å². The molecule has 1 atom stereocenters. The van der Waals surface area contributed by atoms with Crippen LogP contribution in [0.1, 0.15) is 17.4 Å².